The Morgan fingerprint density at radius 3 is 2.90 bits per heavy atom. The van der Waals surface area contributed by atoms with Gasteiger partial charge in [-0.3, -0.25) is 0 Å². The van der Waals surface area contributed by atoms with Gasteiger partial charge in [0, 0.05) is 30.2 Å². The summed E-state index contributed by atoms with van der Waals surface area (Å²) in [5.74, 6) is 1.32. The van der Waals surface area contributed by atoms with Crippen LogP contribution in [0.2, 0.25) is 0 Å². The molecule has 0 radical (unpaired) electrons. The summed E-state index contributed by atoms with van der Waals surface area (Å²) in [7, 11) is 0. The molecule has 3 aromatic rings. The first-order valence-electron chi connectivity index (χ1n) is 6.53. The lowest BCUT2D eigenvalue weighted by Crippen LogP contribution is -2.04. The number of nitrogen functional groups attached to an aromatic ring is 2. The molecule has 0 aliphatic carbocycles. The van der Waals surface area contributed by atoms with Gasteiger partial charge in [-0.1, -0.05) is 0 Å². The number of rotatable bonds is 4. The van der Waals surface area contributed by atoms with Crippen LogP contribution in [0, 0.1) is 6.92 Å². The largest absolute Gasteiger partial charge is 0.393 e. The van der Waals surface area contributed by atoms with Crippen molar-refractivity contribution in [2.45, 2.75) is 26.2 Å². The summed E-state index contributed by atoms with van der Waals surface area (Å²) in [5.41, 5.74) is 14.7. The molecule has 0 amide bonds. The summed E-state index contributed by atoms with van der Waals surface area (Å²) in [5, 5.41) is 4.25. The van der Waals surface area contributed by atoms with Crippen LogP contribution in [0.3, 0.4) is 0 Å². The molecule has 3 aromatic heterocycles. The lowest BCUT2D eigenvalue weighted by molar-refractivity contribution is 0.733. The zero-order valence-electron chi connectivity index (χ0n) is 11.3. The van der Waals surface area contributed by atoms with Crippen LogP contribution in [0.1, 0.15) is 23.6 Å². The Kier molecular flexibility index (Phi) is 3.02. The SMILES string of the molecule is Cc1cc(CCCc2ncc[nH]2)n2nc(N)c(N)c2n1. The Morgan fingerprint density at radius 1 is 1.30 bits per heavy atom. The molecular formula is C13H17N7. The average molecular weight is 271 g/mol. The Bertz CT molecular complexity index is 727. The van der Waals surface area contributed by atoms with Crippen LogP contribution in [-0.2, 0) is 12.8 Å². The van der Waals surface area contributed by atoms with E-state index in [9.17, 15) is 0 Å². The third-order valence-electron chi connectivity index (χ3n) is 3.26. The minimum Gasteiger partial charge on any atom is -0.393 e. The molecule has 20 heavy (non-hydrogen) atoms. The molecule has 3 heterocycles. The standard InChI is InChI=1S/C13H17N7/c1-8-7-9(3-2-4-10-16-5-6-17-10)20-13(18-8)11(14)12(15)19-20/h5-7H,2-4,14H2,1H3,(H2,15,19)(H,16,17). The van der Waals surface area contributed by atoms with E-state index >= 15 is 0 Å². The number of nitrogens with two attached hydrogens (primary N) is 2. The maximum atomic E-state index is 5.90. The van der Waals surface area contributed by atoms with E-state index in [1.54, 1.807) is 10.7 Å². The first-order chi connectivity index (χ1) is 9.65. The van der Waals surface area contributed by atoms with Crippen LogP contribution >= 0.6 is 0 Å². The highest BCUT2D eigenvalue weighted by Crippen LogP contribution is 2.21. The number of anilines is 2. The van der Waals surface area contributed by atoms with Crippen LogP contribution in [0.25, 0.3) is 5.65 Å². The molecule has 0 bridgehead atoms. The van der Waals surface area contributed by atoms with Crippen molar-refractivity contribution in [3.63, 3.8) is 0 Å². The molecule has 0 unspecified atom stereocenters. The number of nitrogens with one attached hydrogen (secondary N) is 1. The second kappa shape index (κ2) is 4.84. The van der Waals surface area contributed by atoms with E-state index in [1.165, 1.54) is 0 Å². The number of aryl methyl sites for hydroxylation is 3. The van der Waals surface area contributed by atoms with Crippen molar-refractivity contribution in [1.29, 1.82) is 0 Å². The molecule has 0 fully saturated rings. The molecule has 0 spiro atoms. The van der Waals surface area contributed by atoms with Crippen molar-refractivity contribution in [3.05, 3.63) is 35.7 Å². The van der Waals surface area contributed by atoms with E-state index in [2.05, 4.69) is 20.1 Å². The van der Waals surface area contributed by atoms with Crippen molar-refractivity contribution in [2.24, 2.45) is 0 Å². The van der Waals surface area contributed by atoms with Crippen LogP contribution in [0.4, 0.5) is 11.5 Å². The second-order valence-electron chi connectivity index (χ2n) is 4.81. The molecule has 0 saturated carbocycles. The average Bonchev–Trinajstić information content (AvgIpc) is 3.01. The van der Waals surface area contributed by atoms with Gasteiger partial charge in [-0.15, -0.1) is 5.10 Å². The van der Waals surface area contributed by atoms with E-state index in [4.69, 9.17) is 11.5 Å². The molecule has 7 nitrogen and oxygen atoms in total. The summed E-state index contributed by atoms with van der Waals surface area (Å²) >= 11 is 0. The molecular weight excluding hydrogens is 254 g/mol. The van der Waals surface area contributed by atoms with E-state index in [0.717, 1.165) is 36.5 Å². The first kappa shape index (κ1) is 12.5. The van der Waals surface area contributed by atoms with Crippen molar-refractivity contribution < 1.29 is 0 Å². The van der Waals surface area contributed by atoms with Crippen LogP contribution in [0.5, 0.6) is 0 Å². The Morgan fingerprint density at radius 2 is 2.15 bits per heavy atom. The number of imidazole rings is 1. The van der Waals surface area contributed by atoms with Gasteiger partial charge in [0.1, 0.15) is 11.5 Å². The quantitative estimate of drug-likeness (QED) is 0.658. The van der Waals surface area contributed by atoms with Crippen LogP contribution in [-0.4, -0.2) is 24.6 Å². The van der Waals surface area contributed by atoms with Gasteiger partial charge in [0.15, 0.2) is 11.5 Å². The lowest BCUT2D eigenvalue weighted by Gasteiger charge is -2.05. The molecule has 104 valence electrons. The first-order valence-corrected chi connectivity index (χ1v) is 6.53. The lowest BCUT2D eigenvalue weighted by atomic mass is 10.1. The number of hydrogen-bond donors (Lipinski definition) is 3. The van der Waals surface area contributed by atoms with Gasteiger partial charge in [0.25, 0.3) is 0 Å². The highest BCUT2D eigenvalue weighted by Gasteiger charge is 2.12. The smallest absolute Gasteiger partial charge is 0.181 e. The van der Waals surface area contributed by atoms with E-state index in [-0.39, 0.29) is 0 Å². The molecule has 3 rings (SSSR count). The topological polar surface area (TPSA) is 111 Å². The normalized spacial score (nSPS) is 11.2. The van der Waals surface area contributed by atoms with Gasteiger partial charge in [0.2, 0.25) is 0 Å². The van der Waals surface area contributed by atoms with E-state index < -0.39 is 0 Å². The number of H-pyrrole nitrogens is 1. The summed E-state index contributed by atoms with van der Waals surface area (Å²) in [6, 6.07) is 2.01. The molecule has 0 atom stereocenters. The molecule has 7 heteroatoms. The number of aromatic amines is 1. The third kappa shape index (κ3) is 2.18. The monoisotopic (exact) mass is 271 g/mol. The minimum atomic E-state index is 0.329. The maximum absolute atomic E-state index is 5.90. The summed E-state index contributed by atoms with van der Waals surface area (Å²) < 4.78 is 1.74. The van der Waals surface area contributed by atoms with Gasteiger partial charge in [-0.25, -0.2) is 14.5 Å². The zero-order chi connectivity index (χ0) is 14.1. The number of hydrogen-bond acceptors (Lipinski definition) is 5. The summed E-state index contributed by atoms with van der Waals surface area (Å²) in [4.78, 5) is 11.7. The Balaban J connectivity index is 1.85. The van der Waals surface area contributed by atoms with Crippen LogP contribution < -0.4 is 11.5 Å². The molecule has 0 aromatic carbocycles. The number of aromatic nitrogens is 5. The Hall–Kier alpha value is -2.57. The molecule has 0 aliphatic rings. The number of fused-ring (bicyclic) bond motifs is 1. The summed E-state index contributed by atoms with van der Waals surface area (Å²) in [6.07, 6.45) is 6.31. The molecule has 0 saturated heterocycles. The summed E-state index contributed by atoms with van der Waals surface area (Å²) in [6.45, 7) is 1.94. The van der Waals surface area contributed by atoms with E-state index in [1.807, 2.05) is 19.2 Å². The van der Waals surface area contributed by atoms with Gasteiger partial charge in [-0.05, 0) is 25.8 Å². The fraction of sp³-hybridized carbons (Fsp3) is 0.308. The van der Waals surface area contributed by atoms with Gasteiger partial charge >= 0.3 is 0 Å². The highest BCUT2D eigenvalue weighted by atomic mass is 15.3. The highest BCUT2D eigenvalue weighted by molar-refractivity contribution is 5.76. The Labute approximate surface area is 116 Å². The van der Waals surface area contributed by atoms with E-state index in [0.29, 0.717) is 17.2 Å². The molecule has 5 N–H and O–H groups in total. The van der Waals surface area contributed by atoms with Gasteiger partial charge < -0.3 is 16.5 Å². The van der Waals surface area contributed by atoms with Crippen LogP contribution in [0.15, 0.2) is 18.5 Å². The fourth-order valence-corrected chi connectivity index (χ4v) is 2.30. The van der Waals surface area contributed by atoms with Crippen molar-refractivity contribution in [3.8, 4) is 0 Å². The van der Waals surface area contributed by atoms with Crippen molar-refractivity contribution >= 4 is 17.2 Å². The third-order valence-corrected chi connectivity index (χ3v) is 3.26. The van der Waals surface area contributed by atoms with Crippen molar-refractivity contribution in [1.82, 2.24) is 24.6 Å². The van der Waals surface area contributed by atoms with Gasteiger partial charge in [-0.2, -0.15) is 0 Å². The predicted molar refractivity (Wildman–Crippen MR) is 77.2 cm³/mol. The minimum absolute atomic E-state index is 0.329. The maximum Gasteiger partial charge on any atom is 0.181 e. The predicted octanol–water partition coefficient (Wildman–Crippen LogP) is 1.10. The fourth-order valence-electron chi connectivity index (χ4n) is 2.30. The molecule has 0 aliphatic heterocycles. The second-order valence-corrected chi connectivity index (χ2v) is 4.81. The number of nitrogens with zero attached hydrogens (tertiary/aromatic N) is 4. The zero-order valence-corrected chi connectivity index (χ0v) is 11.3. The van der Waals surface area contributed by atoms with Crippen molar-refractivity contribution in [2.75, 3.05) is 11.5 Å². The van der Waals surface area contributed by atoms with Gasteiger partial charge in [0.05, 0.1) is 0 Å².